The highest BCUT2D eigenvalue weighted by atomic mass is 79.9. The average molecular weight is 328 g/mol. The van der Waals surface area contributed by atoms with Gasteiger partial charge in [-0.3, -0.25) is 4.79 Å². The molecule has 0 aliphatic heterocycles. The normalized spacial score (nSPS) is 12.2. The van der Waals surface area contributed by atoms with Gasteiger partial charge in [0.25, 0.3) is 5.91 Å². The molecule has 0 spiro atoms. The fraction of sp³-hybridized carbons (Fsp3) is 0.154. The van der Waals surface area contributed by atoms with Crippen LogP contribution in [0, 0.1) is 5.82 Å². The van der Waals surface area contributed by atoms with E-state index in [1.165, 1.54) is 18.2 Å². The SMILES string of the molecule is CC(NC(=O)c1cc(F)ccc1Br)c1ccsc1. The molecular formula is C13H11BrFNOS. The van der Waals surface area contributed by atoms with Crippen molar-refractivity contribution in [2.45, 2.75) is 13.0 Å². The number of halogens is 2. The van der Waals surface area contributed by atoms with E-state index in [4.69, 9.17) is 0 Å². The number of carbonyl (C=O) groups excluding carboxylic acids is 1. The predicted molar refractivity (Wildman–Crippen MR) is 74.3 cm³/mol. The fourth-order valence-electron chi connectivity index (χ4n) is 1.55. The van der Waals surface area contributed by atoms with E-state index in [0.29, 0.717) is 10.0 Å². The number of carbonyl (C=O) groups is 1. The van der Waals surface area contributed by atoms with Crippen molar-refractivity contribution in [2.24, 2.45) is 0 Å². The summed E-state index contributed by atoms with van der Waals surface area (Å²) in [6.45, 7) is 1.90. The van der Waals surface area contributed by atoms with Crippen LogP contribution in [0.2, 0.25) is 0 Å². The van der Waals surface area contributed by atoms with Crippen LogP contribution >= 0.6 is 27.3 Å². The molecule has 5 heteroatoms. The molecule has 0 saturated heterocycles. The van der Waals surface area contributed by atoms with Gasteiger partial charge in [0.05, 0.1) is 11.6 Å². The second-order valence-corrected chi connectivity index (χ2v) is 5.51. The summed E-state index contributed by atoms with van der Waals surface area (Å²) in [6, 6.07) is 5.91. The molecule has 1 amide bonds. The van der Waals surface area contributed by atoms with Crippen LogP contribution in [-0.4, -0.2) is 5.91 Å². The fourth-order valence-corrected chi connectivity index (χ4v) is 2.73. The van der Waals surface area contributed by atoms with Gasteiger partial charge in [0.2, 0.25) is 0 Å². The zero-order chi connectivity index (χ0) is 13.1. The highest BCUT2D eigenvalue weighted by molar-refractivity contribution is 9.10. The van der Waals surface area contributed by atoms with E-state index in [0.717, 1.165) is 5.56 Å². The molecule has 1 aromatic heterocycles. The van der Waals surface area contributed by atoms with Crippen LogP contribution in [0.5, 0.6) is 0 Å². The summed E-state index contributed by atoms with van der Waals surface area (Å²) in [5.41, 5.74) is 1.35. The van der Waals surface area contributed by atoms with Crippen LogP contribution in [0.25, 0.3) is 0 Å². The standard InChI is InChI=1S/C13H11BrFNOS/c1-8(9-4-5-18-7-9)16-13(17)11-6-10(15)2-3-12(11)14/h2-8H,1H3,(H,16,17). The van der Waals surface area contributed by atoms with E-state index in [1.807, 2.05) is 23.8 Å². The minimum Gasteiger partial charge on any atom is -0.345 e. The largest absolute Gasteiger partial charge is 0.345 e. The van der Waals surface area contributed by atoms with Crippen LogP contribution in [0.4, 0.5) is 4.39 Å². The molecule has 0 radical (unpaired) electrons. The average Bonchev–Trinajstić information content (AvgIpc) is 2.85. The summed E-state index contributed by atoms with van der Waals surface area (Å²) < 4.78 is 13.7. The van der Waals surface area contributed by atoms with Crippen molar-refractivity contribution in [1.82, 2.24) is 5.32 Å². The van der Waals surface area contributed by atoms with Gasteiger partial charge in [0.15, 0.2) is 0 Å². The molecule has 2 aromatic rings. The molecular weight excluding hydrogens is 317 g/mol. The second kappa shape index (κ2) is 5.63. The van der Waals surface area contributed by atoms with Crippen molar-refractivity contribution in [1.29, 1.82) is 0 Å². The Balaban J connectivity index is 2.15. The number of hydrogen-bond acceptors (Lipinski definition) is 2. The molecule has 0 fully saturated rings. The summed E-state index contributed by atoms with van der Waals surface area (Å²) in [5.74, 6) is -0.716. The summed E-state index contributed by atoms with van der Waals surface area (Å²) in [6.07, 6.45) is 0. The maximum absolute atomic E-state index is 13.1. The van der Waals surface area contributed by atoms with Gasteiger partial charge in [0.1, 0.15) is 5.82 Å². The summed E-state index contributed by atoms with van der Waals surface area (Å²) >= 11 is 4.82. The molecule has 94 valence electrons. The Morgan fingerprint density at radius 3 is 2.89 bits per heavy atom. The Hall–Kier alpha value is -1.20. The van der Waals surface area contributed by atoms with Crippen LogP contribution in [0.3, 0.4) is 0 Å². The smallest absolute Gasteiger partial charge is 0.253 e. The molecule has 0 aliphatic carbocycles. The molecule has 0 aliphatic rings. The molecule has 2 rings (SSSR count). The van der Waals surface area contributed by atoms with E-state index >= 15 is 0 Å². The van der Waals surface area contributed by atoms with Gasteiger partial charge in [-0.05, 0) is 63.4 Å². The Labute approximate surface area is 117 Å². The minimum atomic E-state index is -0.425. The summed E-state index contributed by atoms with van der Waals surface area (Å²) in [4.78, 5) is 12.0. The first-order valence-corrected chi connectivity index (χ1v) is 7.09. The molecule has 1 heterocycles. The van der Waals surface area contributed by atoms with Crippen molar-refractivity contribution in [3.05, 3.63) is 56.4 Å². The van der Waals surface area contributed by atoms with Gasteiger partial charge in [-0.1, -0.05) is 0 Å². The molecule has 1 unspecified atom stereocenters. The van der Waals surface area contributed by atoms with Gasteiger partial charge in [-0.15, -0.1) is 0 Å². The van der Waals surface area contributed by atoms with Crippen LogP contribution in [0.1, 0.15) is 28.9 Å². The van der Waals surface area contributed by atoms with E-state index in [1.54, 1.807) is 11.3 Å². The van der Waals surface area contributed by atoms with Crippen molar-refractivity contribution in [3.63, 3.8) is 0 Å². The topological polar surface area (TPSA) is 29.1 Å². The van der Waals surface area contributed by atoms with Crippen molar-refractivity contribution in [3.8, 4) is 0 Å². The molecule has 0 saturated carbocycles. The molecule has 1 atom stereocenters. The van der Waals surface area contributed by atoms with Gasteiger partial charge in [0, 0.05) is 4.47 Å². The molecule has 0 bridgehead atoms. The van der Waals surface area contributed by atoms with E-state index in [-0.39, 0.29) is 11.9 Å². The van der Waals surface area contributed by atoms with Crippen LogP contribution < -0.4 is 5.32 Å². The third-order valence-electron chi connectivity index (χ3n) is 2.56. The monoisotopic (exact) mass is 327 g/mol. The number of hydrogen-bond donors (Lipinski definition) is 1. The lowest BCUT2D eigenvalue weighted by Crippen LogP contribution is -2.26. The van der Waals surface area contributed by atoms with Crippen LogP contribution in [-0.2, 0) is 0 Å². The molecule has 18 heavy (non-hydrogen) atoms. The Morgan fingerprint density at radius 2 is 2.22 bits per heavy atom. The summed E-state index contributed by atoms with van der Waals surface area (Å²) in [7, 11) is 0. The van der Waals surface area contributed by atoms with E-state index in [9.17, 15) is 9.18 Å². The first-order valence-electron chi connectivity index (χ1n) is 5.36. The van der Waals surface area contributed by atoms with Gasteiger partial charge in [-0.25, -0.2) is 4.39 Å². The molecule has 2 nitrogen and oxygen atoms in total. The van der Waals surface area contributed by atoms with E-state index < -0.39 is 5.82 Å². The highest BCUT2D eigenvalue weighted by Crippen LogP contribution is 2.20. The van der Waals surface area contributed by atoms with Crippen molar-refractivity contribution >= 4 is 33.2 Å². The molecule has 1 N–H and O–H groups in total. The molecule has 1 aromatic carbocycles. The second-order valence-electron chi connectivity index (χ2n) is 3.88. The zero-order valence-electron chi connectivity index (χ0n) is 9.61. The predicted octanol–water partition coefficient (Wildman–Crippen LogP) is 4.14. The lowest BCUT2D eigenvalue weighted by atomic mass is 10.1. The van der Waals surface area contributed by atoms with Gasteiger partial charge in [-0.2, -0.15) is 11.3 Å². The lowest BCUT2D eigenvalue weighted by molar-refractivity contribution is 0.0938. The Morgan fingerprint density at radius 1 is 1.44 bits per heavy atom. The third-order valence-corrected chi connectivity index (χ3v) is 3.96. The van der Waals surface area contributed by atoms with Gasteiger partial charge < -0.3 is 5.32 Å². The quantitative estimate of drug-likeness (QED) is 0.901. The Bertz CT molecular complexity index is 556. The van der Waals surface area contributed by atoms with E-state index in [2.05, 4.69) is 21.2 Å². The zero-order valence-corrected chi connectivity index (χ0v) is 12.0. The first-order chi connectivity index (χ1) is 8.58. The third kappa shape index (κ3) is 2.97. The number of benzene rings is 1. The maximum atomic E-state index is 13.1. The van der Waals surface area contributed by atoms with Crippen molar-refractivity contribution < 1.29 is 9.18 Å². The van der Waals surface area contributed by atoms with Crippen LogP contribution in [0.15, 0.2) is 39.5 Å². The number of rotatable bonds is 3. The summed E-state index contributed by atoms with van der Waals surface area (Å²) in [5, 5.41) is 6.77. The number of nitrogens with one attached hydrogen (secondary N) is 1. The Kier molecular flexibility index (Phi) is 4.14. The number of thiophene rings is 1. The van der Waals surface area contributed by atoms with Crippen molar-refractivity contribution in [2.75, 3.05) is 0 Å². The number of amides is 1. The lowest BCUT2D eigenvalue weighted by Gasteiger charge is -2.13. The minimum absolute atomic E-state index is 0.0982. The van der Waals surface area contributed by atoms with Gasteiger partial charge >= 0.3 is 0 Å². The highest BCUT2D eigenvalue weighted by Gasteiger charge is 2.14. The first kappa shape index (κ1) is 13.2. The maximum Gasteiger partial charge on any atom is 0.253 e.